The molecule has 4 rings (SSSR count). The van der Waals surface area contributed by atoms with E-state index < -0.39 is 0 Å². The number of halogens is 1. The molecule has 0 saturated carbocycles. The van der Waals surface area contributed by atoms with Crippen LogP contribution in [0.4, 0.5) is 4.39 Å². The van der Waals surface area contributed by atoms with Gasteiger partial charge in [0, 0.05) is 18.5 Å². The van der Waals surface area contributed by atoms with Crippen LogP contribution in [0.2, 0.25) is 0 Å². The maximum atomic E-state index is 12.9. The van der Waals surface area contributed by atoms with Gasteiger partial charge in [-0.15, -0.1) is 0 Å². The summed E-state index contributed by atoms with van der Waals surface area (Å²) < 4.78 is 19.0. The summed E-state index contributed by atoms with van der Waals surface area (Å²) in [5.74, 6) is 1.26. The molecule has 1 saturated heterocycles. The normalized spacial score (nSPS) is 17.9. The Kier molecular flexibility index (Phi) is 8.02. The average Bonchev–Trinajstić information content (AvgIpc) is 3.37. The first-order valence-corrected chi connectivity index (χ1v) is 12.2. The van der Waals surface area contributed by atoms with Crippen LogP contribution in [-0.4, -0.2) is 42.4 Å². The van der Waals surface area contributed by atoms with Gasteiger partial charge in [0.2, 0.25) is 0 Å². The van der Waals surface area contributed by atoms with Gasteiger partial charge in [-0.05, 0) is 78.4 Å². The molecule has 0 radical (unpaired) electrons. The molecule has 0 bridgehead atoms. The molecule has 3 nitrogen and oxygen atoms in total. The van der Waals surface area contributed by atoms with E-state index in [-0.39, 0.29) is 24.4 Å². The third-order valence-corrected chi connectivity index (χ3v) is 6.73. The topological polar surface area (TPSA) is 32.7 Å². The molecule has 4 heteroatoms. The van der Waals surface area contributed by atoms with Crippen LogP contribution in [-0.2, 0) is 0 Å². The van der Waals surface area contributed by atoms with E-state index in [1.165, 1.54) is 11.1 Å². The van der Waals surface area contributed by atoms with Gasteiger partial charge in [-0.3, -0.25) is 9.29 Å². The number of aromatic hydroxyl groups is 1. The van der Waals surface area contributed by atoms with Crippen molar-refractivity contribution in [2.75, 3.05) is 26.4 Å². The monoisotopic (exact) mass is 459 g/mol. The largest absolute Gasteiger partial charge is 0.508 e. The SMILES string of the molecule is CC/C(=C(\c1ccc(O)cc1)c1ccc(OC[C@@H](C)N2CC[C@H](CF)C2)cc1)c1ccccc1. The molecule has 3 aromatic rings. The van der Waals surface area contributed by atoms with Gasteiger partial charge in [-0.25, -0.2) is 0 Å². The fourth-order valence-corrected chi connectivity index (χ4v) is 4.74. The van der Waals surface area contributed by atoms with E-state index in [1.54, 1.807) is 12.1 Å². The zero-order valence-electron chi connectivity index (χ0n) is 20.1. The summed E-state index contributed by atoms with van der Waals surface area (Å²) in [6.45, 7) is 6.44. The van der Waals surface area contributed by atoms with Crippen LogP contribution in [0.1, 0.15) is 43.4 Å². The second-order valence-electron chi connectivity index (χ2n) is 9.11. The lowest BCUT2D eigenvalue weighted by atomic mass is 9.88. The minimum Gasteiger partial charge on any atom is -0.508 e. The summed E-state index contributed by atoms with van der Waals surface area (Å²) in [4.78, 5) is 2.32. The first-order chi connectivity index (χ1) is 16.6. The van der Waals surface area contributed by atoms with Crippen molar-refractivity contribution in [3.05, 3.63) is 95.6 Å². The van der Waals surface area contributed by atoms with Gasteiger partial charge >= 0.3 is 0 Å². The van der Waals surface area contributed by atoms with Crippen molar-refractivity contribution in [2.45, 2.75) is 32.7 Å². The van der Waals surface area contributed by atoms with Gasteiger partial charge in [0.1, 0.15) is 18.1 Å². The lowest BCUT2D eigenvalue weighted by Gasteiger charge is -2.24. The predicted molar refractivity (Wildman–Crippen MR) is 138 cm³/mol. The van der Waals surface area contributed by atoms with Crippen molar-refractivity contribution in [2.24, 2.45) is 5.92 Å². The minimum atomic E-state index is -0.231. The molecule has 1 fully saturated rings. The fraction of sp³-hybridized carbons (Fsp3) is 0.333. The zero-order valence-corrected chi connectivity index (χ0v) is 20.1. The first-order valence-electron chi connectivity index (χ1n) is 12.2. The van der Waals surface area contributed by atoms with Gasteiger partial charge in [0.25, 0.3) is 0 Å². The van der Waals surface area contributed by atoms with E-state index >= 15 is 0 Å². The number of phenolic OH excluding ortho intramolecular Hbond substituents is 1. The van der Waals surface area contributed by atoms with Crippen molar-refractivity contribution in [3.8, 4) is 11.5 Å². The Morgan fingerprint density at radius 3 is 2.21 bits per heavy atom. The van der Waals surface area contributed by atoms with Gasteiger partial charge in [0.15, 0.2) is 0 Å². The molecule has 0 aromatic heterocycles. The highest BCUT2D eigenvalue weighted by atomic mass is 19.1. The van der Waals surface area contributed by atoms with E-state index in [2.05, 4.69) is 55.1 Å². The molecule has 34 heavy (non-hydrogen) atoms. The molecular formula is C30H34FNO2. The van der Waals surface area contributed by atoms with Crippen molar-refractivity contribution in [1.82, 2.24) is 4.90 Å². The predicted octanol–water partition coefficient (Wildman–Crippen LogP) is 6.82. The maximum absolute atomic E-state index is 12.9. The van der Waals surface area contributed by atoms with Crippen LogP contribution < -0.4 is 4.74 Å². The molecule has 1 aliphatic rings. The van der Waals surface area contributed by atoms with E-state index in [1.807, 2.05) is 30.3 Å². The Balaban J connectivity index is 1.57. The minimum absolute atomic E-state index is 0.171. The van der Waals surface area contributed by atoms with Crippen LogP contribution in [0.5, 0.6) is 11.5 Å². The smallest absolute Gasteiger partial charge is 0.119 e. The molecule has 0 unspecified atom stereocenters. The van der Waals surface area contributed by atoms with Crippen LogP contribution in [0.15, 0.2) is 78.9 Å². The summed E-state index contributed by atoms with van der Waals surface area (Å²) >= 11 is 0. The average molecular weight is 460 g/mol. The molecule has 0 spiro atoms. The number of nitrogens with zero attached hydrogens (tertiary/aromatic N) is 1. The highest BCUT2D eigenvalue weighted by molar-refractivity contribution is 5.98. The van der Waals surface area contributed by atoms with Gasteiger partial charge in [0.05, 0.1) is 6.67 Å². The van der Waals surface area contributed by atoms with Crippen molar-refractivity contribution >= 4 is 11.1 Å². The number of phenols is 1. The number of rotatable bonds is 9. The fourth-order valence-electron chi connectivity index (χ4n) is 4.74. The van der Waals surface area contributed by atoms with Crippen molar-refractivity contribution < 1.29 is 14.2 Å². The maximum Gasteiger partial charge on any atom is 0.119 e. The van der Waals surface area contributed by atoms with E-state index in [9.17, 15) is 9.50 Å². The molecule has 1 heterocycles. The molecule has 0 aliphatic carbocycles. The molecule has 3 aromatic carbocycles. The first kappa shape index (κ1) is 24.0. The highest BCUT2D eigenvalue weighted by Gasteiger charge is 2.26. The number of likely N-dealkylation sites (tertiary alicyclic amines) is 1. The second-order valence-corrected chi connectivity index (χ2v) is 9.11. The summed E-state index contributed by atoms with van der Waals surface area (Å²) in [6, 6.07) is 26.4. The highest BCUT2D eigenvalue weighted by Crippen LogP contribution is 2.35. The third kappa shape index (κ3) is 5.68. The molecule has 0 amide bonds. The Morgan fingerprint density at radius 1 is 0.971 bits per heavy atom. The number of hydrogen-bond acceptors (Lipinski definition) is 3. The Hall–Kier alpha value is -3.11. The van der Waals surface area contributed by atoms with E-state index in [0.717, 1.165) is 48.4 Å². The molecular weight excluding hydrogens is 425 g/mol. The molecule has 2 atom stereocenters. The quantitative estimate of drug-likeness (QED) is 0.356. The third-order valence-electron chi connectivity index (χ3n) is 6.73. The summed E-state index contributed by atoms with van der Waals surface area (Å²) in [5.41, 5.74) is 5.78. The lowest BCUT2D eigenvalue weighted by Crippen LogP contribution is -2.35. The van der Waals surface area contributed by atoms with E-state index in [0.29, 0.717) is 6.61 Å². The molecule has 1 N–H and O–H groups in total. The van der Waals surface area contributed by atoms with Crippen LogP contribution in [0.25, 0.3) is 11.1 Å². The standard InChI is InChI=1S/C30H34FNO2/c1-3-29(24-7-5-4-6-8-24)30(25-9-13-27(33)14-10-25)26-11-15-28(16-12-26)34-21-22(2)32-18-17-23(19-31)20-32/h4-16,22-23,33H,3,17-21H2,1-2H3/b30-29-/t22-,23-/m1/s1. The number of alkyl halides is 1. The van der Waals surface area contributed by atoms with Crippen molar-refractivity contribution in [1.29, 1.82) is 0 Å². The van der Waals surface area contributed by atoms with E-state index in [4.69, 9.17) is 4.74 Å². The number of hydrogen-bond donors (Lipinski definition) is 1. The summed E-state index contributed by atoms with van der Waals surface area (Å²) in [7, 11) is 0. The molecule has 1 aliphatic heterocycles. The summed E-state index contributed by atoms with van der Waals surface area (Å²) in [5, 5.41) is 9.81. The second kappa shape index (κ2) is 11.3. The Labute approximate surface area is 202 Å². The lowest BCUT2D eigenvalue weighted by molar-refractivity contribution is 0.166. The van der Waals surface area contributed by atoms with Gasteiger partial charge in [-0.2, -0.15) is 0 Å². The molecule has 178 valence electrons. The van der Waals surface area contributed by atoms with Crippen LogP contribution in [0, 0.1) is 5.92 Å². The Morgan fingerprint density at radius 2 is 1.62 bits per heavy atom. The zero-order chi connectivity index (χ0) is 23.9. The van der Waals surface area contributed by atoms with Gasteiger partial charge in [-0.1, -0.05) is 61.5 Å². The summed E-state index contributed by atoms with van der Waals surface area (Å²) in [6.07, 6.45) is 1.81. The van der Waals surface area contributed by atoms with Crippen LogP contribution >= 0.6 is 0 Å². The Bertz CT molecular complexity index is 1080. The number of ether oxygens (including phenoxy) is 1. The van der Waals surface area contributed by atoms with Gasteiger partial charge < -0.3 is 9.84 Å². The van der Waals surface area contributed by atoms with Crippen LogP contribution in [0.3, 0.4) is 0 Å². The number of benzene rings is 3. The number of allylic oxidation sites excluding steroid dienone is 1. The van der Waals surface area contributed by atoms with Crippen molar-refractivity contribution in [3.63, 3.8) is 0 Å².